The Morgan fingerprint density at radius 3 is 2.64 bits per heavy atom. The van der Waals surface area contributed by atoms with Crippen molar-refractivity contribution >= 4 is 35.3 Å². The number of morpholine rings is 1. The van der Waals surface area contributed by atoms with Gasteiger partial charge in [-0.05, 0) is 18.6 Å². The summed E-state index contributed by atoms with van der Waals surface area (Å²) in [5.41, 5.74) is 8.88. The fourth-order valence-electron chi connectivity index (χ4n) is 3.01. The van der Waals surface area contributed by atoms with Gasteiger partial charge in [0.25, 0.3) is 0 Å². The molecule has 3 heterocycles. The average molecular weight is 377 g/mol. The van der Waals surface area contributed by atoms with E-state index >= 15 is 0 Å². The van der Waals surface area contributed by atoms with Crippen LogP contribution in [0.3, 0.4) is 0 Å². The zero-order chi connectivity index (χ0) is 19.3. The second-order valence-electron chi connectivity index (χ2n) is 6.56. The second-order valence-corrected chi connectivity index (χ2v) is 6.56. The molecule has 144 valence electrons. The SMILES string of the molecule is Cc1cc(Nc2nc(/C=C/c3ccccc3)nc(N3CCOCC3)c2N)[nH]n1. The lowest BCUT2D eigenvalue weighted by Crippen LogP contribution is -2.37. The van der Waals surface area contributed by atoms with E-state index in [4.69, 9.17) is 15.5 Å². The number of aryl methyl sites for hydroxylation is 1. The molecule has 0 bridgehead atoms. The summed E-state index contributed by atoms with van der Waals surface area (Å²) in [6.45, 7) is 4.71. The fourth-order valence-corrected chi connectivity index (χ4v) is 3.01. The topological polar surface area (TPSA) is 105 Å². The van der Waals surface area contributed by atoms with Crippen molar-refractivity contribution in [2.45, 2.75) is 6.92 Å². The van der Waals surface area contributed by atoms with Crippen LogP contribution in [0, 0.1) is 6.92 Å². The van der Waals surface area contributed by atoms with Gasteiger partial charge in [-0.15, -0.1) is 0 Å². The molecule has 1 aliphatic rings. The first-order valence-electron chi connectivity index (χ1n) is 9.21. The van der Waals surface area contributed by atoms with E-state index in [9.17, 15) is 0 Å². The Labute approximate surface area is 163 Å². The van der Waals surface area contributed by atoms with Crippen molar-refractivity contribution in [1.82, 2.24) is 20.2 Å². The molecular formula is C20H23N7O. The maximum atomic E-state index is 6.42. The first-order chi connectivity index (χ1) is 13.7. The highest BCUT2D eigenvalue weighted by Crippen LogP contribution is 2.30. The van der Waals surface area contributed by atoms with Crippen LogP contribution in [0.1, 0.15) is 17.1 Å². The first kappa shape index (κ1) is 18.0. The molecule has 0 saturated carbocycles. The third kappa shape index (κ3) is 4.12. The molecule has 0 spiro atoms. The highest BCUT2D eigenvalue weighted by Gasteiger charge is 2.19. The number of nitrogens with two attached hydrogens (primary N) is 1. The molecule has 28 heavy (non-hydrogen) atoms. The van der Waals surface area contributed by atoms with Gasteiger partial charge in [-0.2, -0.15) is 5.10 Å². The summed E-state index contributed by atoms with van der Waals surface area (Å²) in [5.74, 6) is 2.57. The monoisotopic (exact) mass is 377 g/mol. The van der Waals surface area contributed by atoms with Gasteiger partial charge in [-0.3, -0.25) is 5.10 Å². The molecule has 0 atom stereocenters. The summed E-state index contributed by atoms with van der Waals surface area (Å²) in [7, 11) is 0. The molecule has 3 aromatic rings. The first-order valence-corrected chi connectivity index (χ1v) is 9.21. The summed E-state index contributed by atoms with van der Waals surface area (Å²) in [6, 6.07) is 11.9. The van der Waals surface area contributed by atoms with Crippen molar-refractivity contribution in [3.8, 4) is 0 Å². The molecule has 4 N–H and O–H groups in total. The molecule has 0 aliphatic carbocycles. The van der Waals surface area contributed by atoms with Gasteiger partial charge in [0.2, 0.25) is 0 Å². The van der Waals surface area contributed by atoms with E-state index in [0.717, 1.165) is 30.2 Å². The van der Waals surface area contributed by atoms with Gasteiger partial charge in [0.15, 0.2) is 17.5 Å². The third-order valence-corrected chi connectivity index (χ3v) is 4.44. The van der Waals surface area contributed by atoms with Gasteiger partial charge in [0.05, 0.1) is 18.9 Å². The largest absolute Gasteiger partial charge is 0.393 e. The fraction of sp³-hybridized carbons (Fsp3) is 0.250. The van der Waals surface area contributed by atoms with Crippen LogP contribution in [0.5, 0.6) is 0 Å². The Kier molecular flexibility index (Phi) is 5.20. The standard InChI is InChI=1S/C20H23N7O/c1-14-13-17(26-25-14)23-19-18(21)20(27-9-11-28-12-10-27)24-16(22-19)8-7-15-5-3-2-4-6-15/h2-8,13H,9-12,21H2,1H3,(H2,22,23,24,25,26)/b8-7+. The lowest BCUT2D eigenvalue weighted by Gasteiger charge is -2.29. The highest BCUT2D eigenvalue weighted by atomic mass is 16.5. The highest BCUT2D eigenvalue weighted by molar-refractivity contribution is 5.80. The number of aromatic amines is 1. The number of nitrogen functional groups attached to an aromatic ring is 1. The Balaban J connectivity index is 1.70. The number of aromatic nitrogens is 4. The predicted molar refractivity (Wildman–Crippen MR) is 111 cm³/mol. The van der Waals surface area contributed by atoms with Crippen LogP contribution in [0.25, 0.3) is 12.2 Å². The minimum absolute atomic E-state index is 0.506. The molecule has 1 aromatic carbocycles. The smallest absolute Gasteiger partial charge is 0.161 e. The molecule has 0 amide bonds. The molecule has 4 rings (SSSR count). The molecule has 1 aliphatic heterocycles. The summed E-state index contributed by atoms with van der Waals surface area (Å²) in [6.07, 6.45) is 3.88. The zero-order valence-electron chi connectivity index (χ0n) is 15.7. The number of H-pyrrole nitrogens is 1. The van der Waals surface area contributed by atoms with E-state index in [1.54, 1.807) is 0 Å². The Bertz CT molecular complexity index is 962. The normalized spacial score (nSPS) is 14.5. The van der Waals surface area contributed by atoms with Gasteiger partial charge in [0, 0.05) is 19.2 Å². The van der Waals surface area contributed by atoms with E-state index in [1.165, 1.54) is 0 Å². The Morgan fingerprint density at radius 1 is 1.14 bits per heavy atom. The lowest BCUT2D eigenvalue weighted by atomic mass is 10.2. The number of hydrogen-bond donors (Lipinski definition) is 3. The van der Waals surface area contributed by atoms with Crippen molar-refractivity contribution in [2.24, 2.45) is 0 Å². The van der Waals surface area contributed by atoms with E-state index < -0.39 is 0 Å². The van der Waals surface area contributed by atoms with Gasteiger partial charge < -0.3 is 20.7 Å². The summed E-state index contributed by atoms with van der Waals surface area (Å²) in [5, 5.41) is 10.3. The lowest BCUT2D eigenvalue weighted by molar-refractivity contribution is 0.122. The number of hydrogen-bond acceptors (Lipinski definition) is 7. The summed E-state index contributed by atoms with van der Waals surface area (Å²) >= 11 is 0. The maximum Gasteiger partial charge on any atom is 0.161 e. The van der Waals surface area contributed by atoms with Crippen molar-refractivity contribution in [1.29, 1.82) is 0 Å². The van der Waals surface area contributed by atoms with Crippen molar-refractivity contribution in [2.75, 3.05) is 42.3 Å². The summed E-state index contributed by atoms with van der Waals surface area (Å²) in [4.78, 5) is 11.4. The molecule has 8 heteroatoms. The van der Waals surface area contributed by atoms with Gasteiger partial charge in [-0.1, -0.05) is 36.4 Å². The third-order valence-electron chi connectivity index (χ3n) is 4.44. The van der Waals surface area contributed by atoms with E-state index in [1.807, 2.05) is 55.5 Å². The average Bonchev–Trinajstić information content (AvgIpc) is 3.14. The Morgan fingerprint density at radius 2 is 1.93 bits per heavy atom. The predicted octanol–water partition coefficient (Wildman–Crippen LogP) is 2.84. The number of nitrogens with one attached hydrogen (secondary N) is 2. The number of benzene rings is 1. The van der Waals surface area contributed by atoms with E-state index in [2.05, 4.69) is 25.4 Å². The van der Waals surface area contributed by atoms with Gasteiger partial charge in [0.1, 0.15) is 11.5 Å². The second kappa shape index (κ2) is 8.10. The van der Waals surface area contributed by atoms with Gasteiger partial charge in [-0.25, -0.2) is 9.97 Å². The number of ether oxygens (including phenoxy) is 1. The maximum absolute atomic E-state index is 6.42. The van der Waals surface area contributed by atoms with Crippen LogP contribution < -0.4 is 16.0 Å². The summed E-state index contributed by atoms with van der Waals surface area (Å²) < 4.78 is 5.46. The molecule has 0 unspecified atom stereocenters. The van der Waals surface area contributed by atoms with Gasteiger partial charge >= 0.3 is 0 Å². The molecule has 0 radical (unpaired) electrons. The Hall–Kier alpha value is -3.39. The quantitative estimate of drug-likeness (QED) is 0.628. The van der Waals surface area contributed by atoms with Crippen LogP contribution in [-0.2, 0) is 4.74 Å². The zero-order valence-corrected chi connectivity index (χ0v) is 15.7. The van der Waals surface area contributed by atoms with Crippen molar-refractivity contribution in [3.05, 3.63) is 53.5 Å². The number of nitrogens with zero attached hydrogens (tertiary/aromatic N) is 4. The molecule has 2 aromatic heterocycles. The molecular weight excluding hydrogens is 354 g/mol. The van der Waals surface area contributed by atoms with Crippen LogP contribution in [0.4, 0.5) is 23.1 Å². The minimum Gasteiger partial charge on any atom is -0.393 e. The van der Waals surface area contributed by atoms with Crippen molar-refractivity contribution < 1.29 is 4.74 Å². The van der Waals surface area contributed by atoms with Crippen LogP contribution in [0.2, 0.25) is 0 Å². The van der Waals surface area contributed by atoms with Crippen LogP contribution in [0.15, 0.2) is 36.4 Å². The van der Waals surface area contributed by atoms with Crippen LogP contribution in [-0.4, -0.2) is 46.5 Å². The van der Waals surface area contributed by atoms with E-state index in [-0.39, 0.29) is 0 Å². The number of rotatable bonds is 5. The molecule has 8 nitrogen and oxygen atoms in total. The minimum atomic E-state index is 0.506. The molecule has 1 saturated heterocycles. The van der Waals surface area contributed by atoms with Crippen LogP contribution >= 0.6 is 0 Å². The number of anilines is 4. The molecule has 1 fully saturated rings. The van der Waals surface area contributed by atoms with Crippen molar-refractivity contribution in [3.63, 3.8) is 0 Å². The van der Waals surface area contributed by atoms with E-state index in [0.29, 0.717) is 36.4 Å².